The molecule has 6 amide bonds. The molecule has 0 saturated carbocycles. The average molecular weight is 741 g/mol. The lowest BCUT2D eigenvalue weighted by Crippen LogP contribution is -2.71. The third-order valence-electron chi connectivity index (χ3n) is 8.62. The molecule has 4 aliphatic heterocycles. The zero-order valence-corrected chi connectivity index (χ0v) is 28.4. The minimum Gasteiger partial charge on any atom is -0.484 e. The van der Waals surface area contributed by atoms with Gasteiger partial charge >= 0.3 is 24.1 Å². The zero-order valence-electron chi connectivity index (χ0n) is 28.4. The topological polar surface area (TPSA) is 251 Å². The van der Waals surface area contributed by atoms with E-state index in [1.54, 1.807) is 61.5 Å². The molecule has 0 bridgehead atoms. The molecule has 6 atom stereocenters. The Labute approximate surface area is 301 Å². The van der Waals surface area contributed by atoms with Crippen LogP contribution in [0.15, 0.2) is 60.7 Å². The number of para-hydroxylation sites is 2. The highest BCUT2D eigenvalue weighted by molar-refractivity contribution is 5.99. The van der Waals surface area contributed by atoms with Crippen LogP contribution in [0.3, 0.4) is 0 Å². The van der Waals surface area contributed by atoms with Crippen LogP contribution in [0.1, 0.15) is 6.92 Å². The van der Waals surface area contributed by atoms with Crippen LogP contribution in [0, 0.1) is 0 Å². The molecule has 4 saturated heterocycles. The monoisotopic (exact) mass is 740 g/mol. The van der Waals surface area contributed by atoms with E-state index >= 15 is 0 Å². The Kier molecular flexibility index (Phi) is 11.5. The summed E-state index contributed by atoms with van der Waals surface area (Å²) in [5.74, 6) is -3.83. The van der Waals surface area contributed by atoms with Gasteiger partial charge in [-0.05, 0) is 31.2 Å². The molecule has 20 nitrogen and oxygen atoms in total. The minimum absolute atomic E-state index is 0.0357. The number of β-lactam (4-membered cyclic amide) rings is 2. The van der Waals surface area contributed by atoms with E-state index in [1.165, 1.54) is 0 Å². The molecule has 6 rings (SSSR count). The van der Waals surface area contributed by atoms with E-state index in [0.29, 0.717) is 11.5 Å². The molecular weight excluding hydrogens is 704 g/mol. The number of carbonyl (C=O) groups excluding carboxylic acids is 6. The highest BCUT2D eigenvalue weighted by Gasteiger charge is 2.62. The summed E-state index contributed by atoms with van der Waals surface area (Å²) in [7, 11) is 1.12. The fourth-order valence-electron chi connectivity index (χ4n) is 6.28. The highest BCUT2D eigenvalue weighted by Crippen LogP contribution is 2.34. The van der Waals surface area contributed by atoms with Gasteiger partial charge in [0.25, 0.3) is 11.8 Å². The largest absolute Gasteiger partial charge is 0.484 e. The number of carboxylic acids is 2. The second kappa shape index (κ2) is 16.2. The van der Waals surface area contributed by atoms with Gasteiger partial charge in [0.15, 0.2) is 13.2 Å². The van der Waals surface area contributed by atoms with Gasteiger partial charge in [-0.1, -0.05) is 36.4 Å². The number of carboxylic acid groups (broad SMARTS) is 2. The van der Waals surface area contributed by atoms with Crippen molar-refractivity contribution in [2.45, 2.75) is 43.4 Å². The molecule has 282 valence electrons. The molecule has 2 aromatic rings. The number of rotatable bonds is 11. The van der Waals surface area contributed by atoms with Gasteiger partial charge in [-0.25, -0.2) is 19.2 Å². The van der Waals surface area contributed by atoms with Gasteiger partial charge in [0.1, 0.15) is 23.6 Å². The summed E-state index contributed by atoms with van der Waals surface area (Å²) in [5.41, 5.74) is 0. The second-order valence-electron chi connectivity index (χ2n) is 11.8. The molecule has 53 heavy (non-hydrogen) atoms. The van der Waals surface area contributed by atoms with E-state index in [1.807, 2.05) is 6.07 Å². The van der Waals surface area contributed by atoms with E-state index in [0.717, 1.165) is 26.7 Å². The van der Waals surface area contributed by atoms with Crippen LogP contribution in [0.25, 0.3) is 0 Å². The summed E-state index contributed by atoms with van der Waals surface area (Å²) in [5, 5.41) is 23.7. The fraction of sp³-hybridized carbons (Fsp3) is 0.394. The molecule has 0 aliphatic carbocycles. The maximum atomic E-state index is 12.3. The number of hydrogen-bond donors (Lipinski definition) is 4. The van der Waals surface area contributed by atoms with Crippen LogP contribution < -0.4 is 20.1 Å². The predicted molar refractivity (Wildman–Crippen MR) is 175 cm³/mol. The van der Waals surface area contributed by atoms with Gasteiger partial charge in [-0.2, -0.15) is 0 Å². The Hall–Kier alpha value is -6.60. The molecule has 20 heteroatoms. The Morgan fingerprint density at radius 3 is 1.43 bits per heavy atom. The number of nitrogens with zero attached hydrogens (tertiary/aromatic N) is 4. The normalized spacial score (nSPS) is 23.5. The molecule has 4 aliphatic rings. The molecule has 4 N–H and O–H groups in total. The van der Waals surface area contributed by atoms with Crippen molar-refractivity contribution in [3.63, 3.8) is 0 Å². The fourth-order valence-corrected chi connectivity index (χ4v) is 6.28. The number of carbonyl (C=O) groups is 8. The SMILES string of the molecule is CCOC(=O)N1CC2[C@@H](NC(=O)COc3ccccc3)C(=O)N2C1C(=O)O.COC(=O)N1CC2[C@@H](NC(=O)COc3ccccc3)C(=O)N2C1C(=O)O. The van der Waals surface area contributed by atoms with Crippen molar-refractivity contribution in [2.75, 3.05) is 40.0 Å². The molecule has 0 aromatic heterocycles. The van der Waals surface area contributed by atoms with Crippen LogP contribution in [-0.2, 0) is 38.2 Å². The van der Waals surface area contributed by atoms with Crippen LogP contribution in [0.2, 0.25) is 0 Å². The lowest BCUT2D eigenvalue weighted by Gasteiger charge is -2.43. The number of fused-ring (bicyclic) bond motifs is 2. The summed E-state index contributed by atoms with van der Waals surface area (Å²) < 4.78 is 20.0. The summed E-state index contributed by atoms with van der Waals surface area (Å²) >= 11 is 0. The summed E-state index contributed by atoms with van der Waals surface area (Å²) in [6.07, 6.45) is -4.54. The maximum Gasteiger partial charge on any atom is 0.411 e. The summed E-state index contributed by atoms with van der Waals surface area (Å²) in [4.78, 5) is 99.3. The zero-order chi connectivity index (χ0) is 38.4. The van der Waals surface area contributed by atoms with Gasteiger partial charge < -0.3 is 49.6 Å². The first-order chi connectivity index (χ1) is 25.4. The molecule has 2 aromatic carbocycles. The maximum absolute atomic E-state index is 12.3. The van der Waals surface area contributed by atoms with E-state index in [-0.39, 0.29) is 32.9 Å². The molecule has 4 heterocycles. The van der Waals surface area contributed by atoms with Crippen molar-refractivity contribution < 1.29 is 67.5 Å². The van der Waals surface area contributed by atoms with Crippen molar-refractivity contribution in [1.29, 1.82) is 0 Å². The van der Waals surface area contributed by atoms with E-state index < -0.39 is 84.3 Å². The standard InChI is InChI=1S/C17H19N3O7.C16H17N3O7/c1-2-26-17(25)19-8-11-13(15(22)20(11)14(19)16(23)24)18-12(21)9-27-10-6-4-3-5-7-10;1-25-16(24)18-7-10-12(14(21)19(10)13(18)15(22)23)17-11(20)8-26-9-5-3-2-4-6-9/h3-7,11,13-14H,2,8-9H2,1H3,(H,18,21)(H,23,24);2-6,10,12-13H,7-8H2,1H3,(H,17,20)(H,22,23)/t11?,13-,14?;10?,12-,13?/m11/s1. The Morgan fingerprint density at radius 2 is 1.08 bits per heavy atom. The highest BCUT2D eigenvalue weighted by atomic mass is 16.6. The Morgan fingerprint density at radius 1 is 0.679 bits per heavy atom. The third kappa shape index (κ3) is 7.85. The van der Waals surface area contributed by atoms with Gasteiger partial charge in [0.05, 0.1) is 25.8 Å². The average Bonchev–Trinajstić information content (AvgIpc) is 3.71. The van der Waals surface area contributed by atoms with E-state index in [2.05, 4.69) is 15.4 Å². The molecule has 0 radical (unpaired) electrons. The van der Waals surface area contributed by atoms with Crippen molar-refractivity contribution in [2.24, 2.45) is 0 Å². The third-order valence-corrected chi connectivity index (χ3v) is 8.62. The van der Waals surface area contributed by atoms with Crippen molar-refractivity contribution in [3.05, 3.63) is 60.7 Å². The van der Waals surface area contributed by atoms with Crippen LogP contribution in [0.5, 0.6) is 11.5 Å². The number of ether oxygens (including phenoxy) is 4. The molecule has 0 spiro atoms. The second-order valence-corrected chi connectivity index (χ2v) is 11.8. The lowest BCUT2D eigenvalue weighted by atomic mass is 9.96. The van der Waals surface area contributed by atoms with Crippen LogP contribution >= 0.6 is 0 Å². The van der Waals surface area contributed by atoms with Crippen molar-refractivity contribution >= 4 is 47.8 Å². The number of aliphatic carboxylic acids is 2. The number of methoxy groups -OCH3 is 1. The quantitative estimate of drug-likeness (QED) is 0.200. The van der Waals surface area contributed by atoms with E-state index in [9.17, 15) is 48.6 Å². The summed E-state index contributed by atoms with van der Waals surface area (Å²) in [6, 6.07) is 14.3. The first-order valence-corrected chi connectivity index (χ1v) is 16.2. The lowest BCUT2D eigenvalue weighted by molar-refractivity contribution is -0.163. The Bertz CT molecular complexity index is 1750. The van der Waals surface area contributed by atoms with Gasteiger partial charge in [-0.15, -0.1) is 0 Å². The number of benzene rings is 2. The first-order valence-electron chi connectivity index (χ1n) is 16.2. The Balaban J connectivity index is 0.000000204. The number of amides is 6. The number of hydrogen-bond acceptors (Lipinski definition) is 12. The first kappa shape index (κ1) is 37.7. The minimum atomic E-state index is -1.44. The van der Waals surface area contributed by atoms with Gasteiger partial charge in [0.2, 0.25) is 24.1 Å². The number of nitrogens with one attached hydrogen (secondary N) is 2. The smallest absolute Gasteiger partial charge is 0.411 e. The van der Waals surface area contributed by atoms with Crippen molar-refractivity contribution in [1.82, 2.24) is 30.2 Å². The predicted octanol–water partition coefficient (Wildman–Crippen LogP) is -1.10. The van der Waals surface area contributed by atoms with Gasteiger partial charge in [-0.3, -0.25) is 29.0 Å². The van der Waals surface area contributed by atoms with E-state index in [4.69, 9.17) is 14.2 Å². The molecule has 4 unspecified atom stereocenters. The van der Waals surface area contributed by atoms with Crippen molar-refractivity contribution in [3.8, 4) is 11.5 Å². The molecule has 4 fully saturated rings. The van der Waals surface area contributed by atoms with Crippen LogP contribution in [-0.4, -0.2) is 154 Å². The molecular formula is C33H36N6O14. The van der Waals surface area contributed by atoms with Crippen LogP contribution in [0.4, 0.5) is 9.59 Å². The summed E-state index contributed by atoms with van der Waals surface area (Å²) in [6.45, 7) is 1.02. The van der Waals surface area contributed by atoms with Gasteiger partial charge in [0, 0.05) is 13.1 Å².